The number of carbonyl (C=O) groups excluding carboxylic acids is 2. The van der Waals surface area contributed by atoms with E-state index in [0.717, 1.165) is 11.1 Å². The first-order chi connectivity index (χ1) is 15.4. The lowest BCUT2D eigenvalue weighted by molar-refractivity contribution is -0.115. The summed E-state index contributed by atoms with van der Waals surface area (Å²) in [5.41, 5.74) is 2.61. The van der Waals surface area contributed by atoms with E-state index in [1.165, 1.54) is 7.11 Å². The highest BCUT2D eigenvalue weighted by Crippen LogP contribution is 2.31. The number of hydrogen-bond acceptors (Lipinski definition) is 5. The Morgan fingerprint density at radius 3 is 2.59 bits per heavy atom. The van der Waals surface area contributed by atoms with Crippen LogP contribution < -0.4 is 9.47 Å². The van der Waals surface area contributed by atoms with Crippen molar-refractivity contribution >= 4 is 35.5 Å². The van der Waals surface area contributed by atoms with Gasteiger partial charge in [0.1, 0.15) is 0 Å². The van der Waals surface area contributed by atoms with E-state index < -0.39 is 11.9 Å². The molecule has 4 rings (SSSR count). The number of hydrogen-bond donors (Lipinski definition) is 0. The molecule has 3 aromatic carbocycles. The third-order valence-corrected chi connectivity index (χ3v) is 5.00. The fourth-order valence-electron chi connectivity index (χ4n) is 3.10. The van der Waals surface area contributed by atoms with Crippen LogP contribution >= 0.6 is 11.6 Å². The Labute approximate surface area is 189 Å². The van der Waals surface area contributed by atoms with Crippen molar-refractivity contribution in [2.75, 3.05) is 7.11 Å². The van der Waals surface area contributed by atoms with E-state index in [1.54, 1.807) is 48.5 Å². The molecular weight excluding hydrogens is 430 g/mol. The van der Waals surface area contributed by atoms with E-state index in [0.29, 0.717) is 16.3 Å². The maximum absolute atomic E-state index is 12.5. The van der Waals surface area contributed by atoms with Crippen LogP contribution in [0.15, 0.2) is 77.5 Å². The van der Waals surface area contributed by atoms with Crippen LogP contribution in [0.25, 0.3) is 6.08 Å². The van der Waals surface area contributed by atoms with Crippen molar-refractivity contribution < 1.29 is 23.8 Å². The number of nitrogens with zero attached hydrogens (tertiary/aromatic N) is 1. The number of benzene rings is 3. The van der Waals surface area contributed by atoms with E-state index >= 15 is 0 Å². The first kappa shape index (κ1) is 21.3. The fraction of sp³-hybridized carbons (Fsp3) is 0.0800. The van der Waals surface area contributed by atoms with Crippen LogP contribution in [0.5, 0.6) is 11.5 Å². The Balaban J connectivity index is 1.54. The number of ether oxygens (including phenoxy) is 3. The second-order valence-electron chi connectivity index (χ2n) is 6.98. The molecule has 3 aromatic rings. The zero-order valence-corrected chi connectivity index (χ0v) is 18.1. The molecule has 0 N–H and O–H groups in total. The Kier molecular flexibility index (Phi) is 6.05. The minimum atomic E-state index is -0.606. The molecule has 0 unspecified atom stereocenters. The van der Waals surface area contributed by atoms with Gasteiger partial charge in [0.2, 0.25) is 5.90 Å². The van der Waals surface area contributed by atoms with Gasteiger partial charge in [-0.15, -0.1) is 0 Å². The molecule has 1 aliphatic rings. The molecule has 1 aliphatic heterocycles. The number of esters is 1. The third kappa shape index (κ3) is 4.55. The molecule has 160 valence electrons. The molecule has 0 radical (unpaired) electrons. The van der Waals surface area contributed by atoms with Gasteiger partial charge in [-0.1, -0.05) is 47.5 Å². The summed E-state index contributed by atoms with van der Waals surface area (Å²) in [6, 6.07) is 19.0. The quantitative estimate of drug-likeness (QED) is 0.304. The van der Waals surface area contributed by atoms with Crippen LogP contribution in [0.1, 0.15) is 27.0 Å². The minimum absolute atomic E-state index is 0.0874. The number of halogens is 1. The predicted octanol–water partition coefficient (Wildman–Crippen LogP) is 5.22. The summed E-state index contributed by atoms with van der Waals surface area (Å²) >= 11 is 6.06. The largest absolute Gasteiger partial charge is 0.493 e. The molecule has 6 nitrogen and oxygen atoms in total. The van der Waals surface area contributed by atoms with E-state index in [2.05, 4.69) is 4.99 Å². The summed E-state index contributed by atoms with van der Waals surface area (Å²) in [4.78, 5) is 28.8. The molecule has 0 spiro atoms. The van der Waals surface area contributed by atoms with E-state index in [1.807, 2.05) is 31.2 Å². The summed E-state index contributed by atoms with van der Waals surface area (Å²) in [5, 5.41) is 0.291. The van der Waals surface area contributed by atoms with Gasteiger partial charge in [0.05, 0.1) is 17.7 Å². The SMILES string of the molecule is COc1cc(/C=C2/OC(c3cccc(C)c3)=NC2=O)ccc1OC(=O)c1ccccc1Cl. The fourth-order valence-corrected chi connectivity index (χ4v) is 3.31. The molecule has 1 heterocycles. The van der Waals surface area contributed by atoms with Gasteiger partial charge < -0.3 is 14.2 Å². The normalized spacial score (nSPS) is 14.2. The van der Waals surface area contributed by atoms with Crippen LogP contribution in [-0.4, -0.2) is 24.9 Å². The average molecular weight is 448 g/mol. The van der Waals surface area contributed by atoms with Gasteiger partial charge in [-0.3, -0.25) is 4.79 Å². The van der Waals surface area contributed by atoms with Gasteiger partial charge in [-0.2, -0.15) is 4.99 Å². The lowest BCUT2D eigenvalue weighted by Crippen LogP contribution is -2.09. The van der Waals surface area contributed by atoms with E-state index in [-0.39, 0.29) is 23.0 Å². The molecule has 32 heavy (non-hydrogen) atoms. The molecular formula is C25H18ClNO5. The highest BCUT2D eigenvalue weighted by molar-refractivity contribution is 6.33. The van der Waals surface area contributed by atoms with Crippen LogP contribution in [0.2, 0.25) is 5.02 Å². The number of aliphatic imine (C=N–C) groups is 1. The Morgan fingerprint density at radius 2 is 1.84 bits per heavy atom. The lowest BCUT2D eigenvalue weighted by atomic mass is 10.1. The van der Waals surface area contributed by atoms with Crippen molar-refractivity contribution in [3.05, 3.63) is 99.8 Å². The second kappa shape index (κ2) is 9.08. The topological polar surface area (TPSA) is 74.2 Å². The van der Waals surface area contributed by atoms with Crippen molar-refractivity contribution in [1.82, 2.24) is 0 Å². The summed E-state index contributed by atoms with van der Waals surface area (Å²) in [5.74, 6) is -0.216. The maximum atomic E-state index is 12.5. The molecule has 0 bridgehead atoms. The van der Waals surface area contributed by atoms with Gasteiger partial charge in [0, 0.05) is 5.56 Å². The van der Waals surface area contributed by atoms with E-state index in [9.17, 15) is 9.59 Å². The Bertz CT molecular complexity index is 1280. The summed E-state index contributed by atoms with van der Waals surface area (Å²) in [6.07, 6.45) is 1.55. The Morgan fingerprint density at radius 1 is 1.03 bits per heavy atom. The lowest BCUT2D eigenvalue weighted by Gasteiger charge is -2.11. The van der Waals surface area contributed by atoms with Crippen LogP contribution in [0.4, 0.5) is 0 Å². The first-order valence-corrected chi connectivity index (χ1v) is 10.1. The molecule has 0 aromatic heterocycles. The standard InChI is InChI=1S/C25H18ClNO5/c1-15-6-5-7-17(12-15)24-27-23(28)22(31-24)14-16-10-11-20(21(13-16)30-2)32-25(29)18-8-3-4-9-19(18)26/h3-14H,1-2H3/b22-14+. The first-order valence-electron chi connectivity index (χ1n) is 9.69. The maximum Gasteiger partial charge on any atom is 0.345 e. The molecule has 0 aliphatic carbocycles. The highest BCUT2D eigenvalue weighted by Gasteiger charge is 2.24. The second-order valence-corrected chi connectivity index (χ2v) is 7.39. The van der Waals surface area contributed by atoms with Crippen LogP contribution in [-0.2, 0) is 9.53 Å². The highest BCUT2D eigenvalue weighted by atomic mass is 35.5. The molecule has 0 fully saturated rings. The van der Waals surface area contributed by atoms with Crippen molar-refractivity contribution in [1.29, 1.82) is 0 Å². The van der Waals surface area contributed by atoms with Gasteiger partial charge in [0.25, 0.3) is 0 Å². The van der Waals surface area contributed by atoms with Gasteiger partial charge >= 0.3 is 11.9 Å². The average Bonchev–Trinajstić information content (AvgIpc) is 3.15. The van der Waals surface area contributed by atoms with E-state index in [4.69, 9.17) is 25.8 Å². The third-order valence-electron chi connectivity index (χ3n) is 4.67. The van der Waals surface area contributed by atoms with Gasteiger partial charge in [0.15, 0.2) is 17.3 Å². The van der Waals surface area contributed by atoms with Crippen molar-refractivity contribution in [3.63, 3.8) is 0 Å². The molecule has 0 atom stereocenters. The molecule has 1 amide bonds. The number of amides is 1. The minimum Gasteiger partial charge on any atom is -0.493 e. The summed E-state index contributed by atoms with van der Waals surface area (Å²) < 4.78 is 16.5. The molecule has 0 saturated carbocycles. The zero-order chi connectivity index (χ0) is 22.7. The van der Waals surface area contributed by atoms with Crippen molar-refractivity contribution in [3.8, 4) is 11.5 Å². The number of rotatable bonds is 5. The van der Waals surface area contributed by atoms with Crippen LogP contribution in [0, 0.1) is 6.92 Å². The Hall–Kier alpha value is -3.90. The monoisotopic (exact) mass is 447 g/mol. The van der Waals surface area contributed by atoms with Crippen molar-refractivity contribution in [2.24, 2.45) is 4.99 Å². The van der Waals surface area contributed by atoms with Crippen LogP contribution in [0.3, 0.4) is 0 Å². The van der Waals surface area contributed by atoms with Gasteiger partial charge in [-0.05, 0) is 55.0 Å². The molecule has 0 saturated heterocycles. The summed E-state index contributed by atoms with van der Waals surface area (Å²) in [6.45, 7) is 1.95. The predicted molar refractivity (Wildman–Crippen MR) is 121 cm³/mol. The zero-order valence-electron chi connectivity index (χ0n) is 17.3. The number of aryl methyl sites for hydroxylation is 1. The summed E-state index contributed by atoms with van der Waals surface area (Å²) in [7, 11) is 1.45. The smallest absolute Gasteiger partial charge is 0.345 e. The van der Waals surface area contributed by atoms with Crippen molar-refractivity contribution in [2.45, 2.75) is 6.92 Å². The molecule has 7 heteroatoms. The number of carbonyl (C=O) groups is 2. The van der Waals surface area contributed by atoms with Gasteiger partial charge in [-0.25, -0.2) is 4.79 Å². The number of methoxy groups -OCH3 is 1.